The van der Waals surface area contributed by atoms with Crippen molar-refractivity contribution in [2.24, 2.45) is 0 Å². The molecule has 0 spiro atoms. The summed E-state index contributed by atoms with van der Waals surface area (Å²) < 4.78 is 28.5. The number of hydrogen-bond donors (Lipinski definition) is 2. The lowest BCUT2D eigenvalue weighted by Gasteiger charge is -2.34. The van der Waals surface area contributed by atoms with Crippen molar-refractivity contribution in [2.45, 2.75) is 25.6 Å². The minimum atomic E-state index is -1.00. The summed E-state index contributed by atoms with van der Waals surface area (Å²) in [6, 6.07) is 7.97. The Morgan fingerprint density at radius 1 is 1.15 bits per heavy atom. The predicted molar refractivity (Wildman–Crippen MR) is 119 cm³/mol. The van der Waals surface area contributed by atoms with Crippen LogP contribution in [0, 0.1) is 11.6 Å². The maximum atomic E-state index is 13.9. The highest BCUT2D eigenvalue weighted by Gasteiger charge is 2.37. The number of carbonyl (C=O) groups excluding carboxylic acids is 2. The first-order chi connectivity index (χ1) is 16.2. The highest BCUT2D eigenvalue weighted by Crippen LogP contribution is 2.34. The first-order valence-electron chi connectivity index (χ1n) is 10.5. The monoisotopic (exact) mass is 485 g/mol. The van der Waals surface area contributed by atoms with Crippen molar-refractivity contribution in [2.75, 3.05) is 6.54 Å². The van der Waals surface area contributed by atoms with E-state index in [0.29, 0.717) is 30.6 Å². The quantitative estimate of drug-likeness (QED) is 0.596. The Balaban J connectivity index is 1.51. The number of nitrogens with zero attached hydrogens (tertiary/aromatic N) is 2. The van der Waals surface area contributed by atoms with Gasteiger partial charge in [0.2, 0.25) is 5.43 Å². The van der Waals surface area contributed by atoms with Crippen LogP contribution in [-0.4, -0.2) is 32.9 Å². The topological polar surface area (TPSA) is 91.6 Å². The van der Waals surface area contributed by atoms with Crippen LogP contribution in [0.1, 0.15) is 43.6 Å². The highest BCUT2D eigenvalue weighted by atomic mass is 35.5. The van der Waals surface area contributed by atoms with Crippen molar-refractivity contribution in [3.05, 3.63) is 97.4 Å². The van der Waals surface area contributed by atoms with E-state index in [9.17, 15) is 28.3 Å². The number of aromatic nitrogens is 1. The molecule has 10 heteroatoms. The fraction of sp³-hybridized carbons (Fsp3) is 0.208. The van der Waals surface area contributed by atoms with Gasteiger partial charge in [-0.3, -0.25) is 14.4 Å². The SMILES string of the molecule is O=C(NCc1ccc(F)cc1F)c1cn2c(c(O)c1=O)C(=O)N1Cc3ccc(Cl)cc3C[C@@H]2C1. The Labute approximate surface area is 197 Å². The van der Waals surface area contributed by atoms with Crippen molar-refractivity contribution in [1.29, 1.82) is 0 Å². The number of carbonyl (C=O) groups is 2. The lowest BCUT2D eigenvalue weighted by Crippen LogP contribution is -2.44. The number of rotatable bonds is 3. The van der Waals surface area contributed by atoms with Crippen LogP contribution >= 0.6 is 11.6 Å². The van der Waals surface area contributed by atoms with E-state index in [1.54, 1.807) is 11.0 Å². The smallest absolute Gasteiger partial charge is 0.274 e. The van der Waals surface area contributed by atoms with E-state index < -0.39 is 34.6 Å². The molecule has 0 fully saturated rings. The predicted octanol–water partition coefficient (Wildman–Crippen LogP) is 3.17. The van der Waals surface area contributed by atoms with E-state index in [2.05, 4.69) is 5.32 Å². The minimum Gasteiger partial charge on any atom is -0.503 e. The number of aromatic hydroxyl groups is 1. The molecule has 2 aromatic carbocycles. The lowest BCUT2D eigenvalue weighted by molar-refractivity contribution is 0.0653. The van der Waals surface area contributed by atoms with E-state index in [4.69, 9.17) is 11.6 Å². The summed E-state index contributed by atoms with van der Waals surface area (Å²) in [5.41, 5.74) is 0.297. The third-order valence-electron chi connectivity index (χ3n) is 6.21. The Morgan fingerprint density at radius 3 is 2.71 bits per heavy atom. The van der Waals surface area contributed by atoms with E-state index in [-0.39, 0.29) is 29.4 Å². The molecule has 1 atom stereocenters. The van der Waals surface area contributed by atoms with Crippen LogP contribution in [0.4, 0.5) is 8.78 Å². The largest absolute Gasteiger partial charge is 0.503 e. The number of pyridine rings is 1. The molecule has 2 aliphatic rings. The third kappa shape index (κ3) is 3.71. The van der Waals surface area contributed by atoms with Crippen LogP contribution < -0.4 is 10.7 Å². The van der Waals surface area contributed by atoms with Gasteiger partial charge >= 0.3 is 0 Å². The number of fused-ring (bicyclic) bond motifs is 5. The second kappa shape index (κ2) is 8.25. The molecule has 2 bridgehead atoms. The molecular formula is C24H18ClF2N3O4. The number of amides is 2. The number of hydrogen-bond acceptors (Lipinski definition) is 4. The molecule has 7 nitrogen and oxygen atoms in total. The van der Waals surface area contributed by atoms with Crippen LogP contribution in [0.3, 0.4) is 0 Å². The zero-order valence-electron chi connectivity index (χ0n) is 17.6. The average molecular weight is 486 g/mol. The van der Waals surface area contributed by atoms with Crippen LogP contribution in [0.15, 0.2) is 47.4 Å². The molecule has 174 valence electrons. The van der Waals surface area contributed by atoms with Crippen LogP contribution in [0.2, 0.25) is 5.02 Å². The van der Waals surface area contributed by atoms with Crippen LogP contribution in [0.25, 0.3) is 0 Å². The molecule has 2 N–H and O–H groups in total. The van der Waals surface area contributed by atoms with Gasteiger partial charge in [-0.1, -0.05) is 23.7 Å². The van der Waals surface area contributed by atoms with E-state index >= 15 is 0 Å². The summed E-state index contributed by atoms with van der Waals surface area (Å²) in [7, 11) is 0. The summed E-state index contributed by atoms with van der Waals surface area (Å²) in [4.78, 5) is 40.2. The fourth-order valence-corrected chi connectivity index (χ4v) is 4.68. The Kier molecular flexibility index (Phi) is 5.36. The fourth-order valence-electron chi connectivity index (χ4n) is 4.49. The van der Waals surface area contributed by atoms with Crippen molar-refractivity contribution in [1.82, 2.24) is 14.8 Å². The molecular weight excluding hydrogens is 468 g/mol. The van der Waals surface area contributed by atoms with Crippen LogP contribution in [-0.2, 0) is 19.5 Å². The Morgan fingerprint density at radius 2 is 1.94 bits per heavy atom. The van der Waals surface area contributed by atoms with E-state index in [1.807, 2.05) is 12.1 Å². The molecule has 34 heavy (non-hydrogen) atoms. The molecule has 0 unspecified atom stereocenters. The molecule has 1 aromatic heterocycles. The van der Waals surface area contributed by atoms with Gasteiger partial charge in [-0.25, -0.2) is 8.78 Å². The molecule has 0 saturated heterocycles. The van der Waals surface area contributed by atoms with Gasteiger partial charge in [-0.05, 0) is 35.7 Å². The van der Waals surface area contributed by atoms with E-state index in [0.717, 1.165) is 17.2 Å². The first-order valence-corrected chi connectivity index (χ1v) is 10.9. The number of benzene rings is 2. The molecule has 2 amide bonds. The standard InChI is InChI=1S/C24H18ClF2N3O4/c25-15-3-1-13-9-29-10-17(6-14(13)5-15)30-11-18(21(31)22(32)20(30)24(29)34)23(33)28-8-12-2-4-16(26)7-19(12)27/h1-5,7,11,17,32H,6,8-10H2,(H,28,33)/t17-/m1/s1. The summed E-state index contributed by atoms with van der Waals surface area (Å²) in [5, 5.41) is 13.6. The van der Waals surface area contributed by atoms with Gasteiger partial charge in [0.05, 0.1) is 6.04 Å². The lowest BCUT2D eigenvalue weighted by atomic mass is 10.0. The second-order valence-electron chi connectivity index (χ2n) is 8.35. The maximum absolute atomic E-state index is 13.9. The summed E-state index contributed by atoms with van der Waals surface area (Å²) in [6.07, 6.45) is 1.72. The summed E-state index contributed by atoms with van der Waals surface area (Å²) in [6.45, 7) is 0.331. The Bertz CT molecular complexity index is 1420. The molecule has 2 aliphatic heterocycles. The van der Waals surface area contributed by atoms with Gasteiger partial charge in [0.15, 0.2) is 11.4 Å². The number of nitrogens with one attached hydrogen (secondary N) is 1. The van der Waals surface area contributed by atoms with E-state index in [1.165, 1.54) is 16.8 Å². The van der Waals surface area contributed by atoms with Crippen molar-refractivity contribution in [3.8, 4) is 5.75 Å². The van der Waals surface area contributed by atoms with Gasteiger partial charge < -0.3 is 19.9 Å². The highest BCUT2D eigenvalue weighted by molar-refractivity contribution is 6.30. The molecule has 0 saturated carbocycles. The maximum Gasteiger partial charge on any atom is 0.274 e. The average Bonchev–Trinajstić information content (AvgIpc) is 2.96. The second-order valence-corrected chi connectivity index (χ2v) is 8.79. The van der Waals surface area contributed by atoms with Gasteiger partial charge in [-0.15, -0.1) is 0 Å². The van der Waals surface area contributed by atoms with Crippen LogP contribution in [0.5, 0.6) is 5.75 Å². The van der Waals surface area contributed by atoms with Gasteiger partial charge in [-0.2, -0.15) is 0 Å². The van der Waals surface area contributed by atoms with Crippen molar-refractivity contribution in [3.63, 3.8) is 0 Å². The number of halogens is 3. The van der Waals surface area contributed by atoms with Gasteiger partial charge in [0, 0.05) is 42.5 Å². The van der Waals surface area contributed by atoms with Gasteiger partial charge in [0.25, 0.3) is 11.8 Å². The molecule has 5 rings (SSSR count). The first kappa shape index (κ1) is 22.1. The molecule has 3 heterocycles. The zero-order valence-corrected chi connectivity index (χ0v) is 18.4. The normalized spacial score (nSPS) is 16.5. The Hall–Kier alpha value is -3.72. The third-order valence-corrected chi connectivity index (χ3v) is 6.44. The van der Waals surface area contributed by atoms with Crippen molar-refractivity contribution < 1.29 is 23.5 Å². The minimum absolute atomic E-state index is 0.0279. The zero-order chi connectivity index (χ0) is 24.1. The molecule has 3 aromatic rings. The molecule has 0 radical (unpaired) electrons. The summed E-state index contributed by atoms with van der Waals surface area (Å²) in [5.74, 6) is -3.79. The van der Waals surface area contributed by atoms with Crippen molar-refractivity contribution >= 4 is 23.4 Å². The summed E-state index contributed by atoms with van der Waals surface area (Å²) >= 11 is 6.15. The molecule has 0 aliphatic carbocycles. The van der Waals surface area contributed by atoms with Gasteiger partial charge in [0.1, 0.15) is 17.2 Å².